The average molecular weight is 853 g/mol. The van der Waals surface area contributed by atoms with E-state index in [1.807, 2.05) is 19.1 Å². The first-order valence-corrected chi connectivity index (χ1v) is 24.0. The first-order chi connectivity index (χ1) is 27.9. The zero-order valence-corrected chi connectivity index (χ0v) is 41.4. The number of ether oxygens (including phenoxy) is 2. The molecule has 6 nitrogen and oxygen atoms in total. The topological polar surface area (TPSA) is 93.1 Å². The molecule has 0 amide bonds. The second-order valence-corrected chi connectivity index (χ2v) is 21.4. The van der Waals surface area contributed by atoms with E-state index in [-0.39, 0.29) is 41.0 Å². The summed E-state index contributed by atoms with van der Waals surface area (Å²) in [6, 6.07) is 8.16. The Morgan fingerprint density at radius 3 is 0.967 bits per heavy atom. The molecule has 0 aliphatic rings. The van der Waals surface area contributed by atoms with Crippen LogP contribution in [0, 0.1) is 0 Å². The summed E-state index contributed by atoms with van der Waals surface area (Å²) in [4.78, 5) is 23.9. The Morgan fingerprint density at radius 2 is 0.705 bits per heavy atom. The van der Waals surface area contributed by atoms with Gasteiger partial charge in [0.25, 0.3) is 0 Å². The highest BCUT2D eigenvalue weighted by atomic mass is 16.5. The van der Waals surface area contributed by atoms with Crippen molar-refractivity contribution in [3.8, 4) is 11.5 Å². The van der Waals surface area contributed by atoms with Crippen molar-refractivity contribution in [3.63, 3.8) is 0 Å². The van der Waals surface area contributed by atoms with E-state index in [1.54, 1.807) is 0 Å². The van der Waals surface area contributed by atoms with Gasteiger partial charge in [0.15, 0.2) is 0 Å². The summed E-state index contributed by atoms with van der Waals surface area (Å²) < 4.78 is 10.5. The van der Waals surface area contributed by atoms with Crippen LogP contribution in [-0.4, -0.2) is 35.4 Å². The molecule has 0 radical (unpaired) electrons. The van der Waals surface area contributed by atoms with Gasteiger partial charge in [-0.05, 0) is 81.2 Å². The molecule has 0 atom stereocenters. The number of rotatable bonds is 24. The summed E-state index contributed by atoms with van der Waals surface area (Å²) in [6.45, 7) is 30.3. The van der Waals surface area contributed by atoms with Gasteiger partial charge in [0.2, 0.25) is 0 Å². The third-order valence-electron chi connectivity index (χ3n) is 11.4. The molecule has 0 aromatic heterocycles. The van der Waals surface area contributed by atoms with Crippen molar-refractivity contribution < 1.29 is 29.3 Å². The Labute approximate surface area is 376 Å². The molecule has 6 heteroatoms. The maximum Gasteiger partial charge on any atom is 0.306 e. The van der Waals surface area contributed by atoms with Crippen LogP contribution in [0.1, 0.15) is 253 Å². The summed E-state index contributed by atoms with van der Waals surface area (Å²) in [6.07, 6.45) is 23.5. The summed E-state index contributed by atoms with van der Waals surface area (Å²) in [5.74, 6) is 0.471. The predicted octanol–water partition coefficient (Wildman–Crippen LogP) is 15.8. The van der Waals surface area contributed by atoms with Crippen LogP contribution in [0.25, 0.3) is 0 Å². The number of hydrogen-bond donors (Lipinski definition) is 2. The molecule has 0 heterocycles. The highest BCUT2D eigenvalue weighted by Crippen LogP contribution is 2.41. The molecule has 0 spiro atoms. The van der Waals surface area contributed by atoms with Crippen LogP contribution in [0.4, 0.5) is 0 Å². The molecule has 0 aliphatic carbocycles. The minimum Gasteiger partial charge on any atom is -0.507 e. The van der Waals surface area contributed by atoms with Gasteiger partial charge in [-0.15, -0.1) is 0 Å². The number of benzene rings is 2. The SMILES string of the molecule is C.CCCCCCCCCCCCCCCCCCOC(=O)CCc1cc(C(C)(C)C)c(O)c(C(C)(C)C)c1.CCOC(=O)CCc1cc(C(C)(C)C)c(O)c(C(C)(C)C)c1. The first-order valence-electron chi connectivity index (χ1n) is 24.0. The van der Waals surface area contributed by atoms with Gasteiger partial charge in [-0.2, -0.15) is 0 Å². The van der Waals surface area contributed by atoms with Crippen molar-refractivity contribution in [1.82, 2.24) is 0 Å². The lowest BCUT2D eigenvalue weighted by molar-refractivity contribution is -0.144. The molecule has 0 saturated heterocycles. The Kier molecular flexibility index (Phi) is 27.2. The van der Waals surface area contributed by atoms with E-state index in [9.17, 15) is 19.8 Å². The third-order valence-corrected chi connectivity index (χ3v) is 11.4. The number of hydrogen-bond acceptors (Lipinski definition) is 6. The van der Waals surface area contributed by atoms with Crippen molar-refractivity contribution in [2.75, 3.05) is 13.2 Å². The monoisotopic (exact) mass is 853 g/mol. The Balaban J connectivity index is 0.00000133. The standard InChI is InChI=1S/C35H62O3.C19H30O3.CH4/c1-8-9-10-11-12-13-14-15-16-17-18-19-20-21-22-23-26-38-32(36)25-24-29-27-30(34(2,3)4)33(37)31(28-29)35(5,6)7;1-8-22-16(20)10-9-13-11-14(18(2,3)4)17(21)15(12-13)19(5,6)7;/h27-28,37H,8-26H2,1-7H3;11-12,21H,8-10H2,1-7H3;1H4. The second-order valence-electron chi connectivity index (χ2n) is 21.4. The Morgan fingerprint density at radius 1 is 0.443 bits per heavy atom. The lowest BCUT2D eigenvalue weighted by Gasteiger charge is -2.28. The quantitative estimate of drug-likeness (QED) is 0.0807. The van der Waals surface area contributed by atoms with Gasteiger partial charge in [0, 0.05) is 12.8 Å². The highest BCUT2D eigenvalue weighted by molar-refractivity contribution is 5.70. The van der Waals surface area contributed by atoms with E-state index in [1.165, 1.54) is 89.9 Å². The lowest BCUT2D eigenvalue weighted by atomic mass is 9.78. The molecule has 0 fully saturated rings. The lowest BCUT2D eigenvalue weighted by Crippen LogP contribution is -2.18. The molecule has 0 bridgehead atoms. The molecular weight excluding hydrogens is 757 g/mol. The zero-order chi connectivity index (χ0) is 45.6. The number of aryl methyl sites for hydroxylation is 2. The van der Waals surface area contributed by atoms with Crippen molar-refractivity contribution in [2.45, 2.75) is 254 Å². The van der Waals surface area contributed by atoms with Gasteiger partial charge in [-0.25, -0.2) is 0 Å². The van der Waals surface area contributed by atoms with E-state index in [4.69, 9.17) is 9.47 Å². The van der Waals surface area contributed by atoms with Crippen LogP contribution in [0.2, 0.25) is 0 Å². The number of carbonyl (C=O) groups excluding carboxylic acids is 2. The largest absolute Gasteiger partial charge is 0.507 e. The van der Waals surface area contributed by atoms with Crippen LogP contribution in [0.5, 0.6) is 11.5 Å². The van der Waals surface area contributed by atoms with Gasteiger partial charge < -0.3 is 19.7 Å². The molecule has 0 unspecified atom stereocenters. The van der Waals surface area contributed by atoms with E-state index in [0.29, 0.717) is 50.4 Å². The molecule has 0 aliphatic heterocycles. The fourth-order valence-corrected chi connectivity index (χ4v) is 7.60. The minimum absolute atomic E-state index is 0. The van der Waals surface area contributed by atoms with Gasteiger partial charge in [-0.3, -0.25) is 9.59 Å². The smallest absolute Gasteiger partial charge is 0.306 e. The second kappa shape index (κ2) is 28.6. The van der Waals surface area contributed by atoms with Crippen LogP contribution in [-0.2, 0) is 53.6 Å². The van der Waals surface area contributed by atoms with Gasteiger partial charge in [0.05, 0.1) is 13.2 Å². The van der Waals surface area contributed by atoms with Gasteiger partial charge >= 0.3 is 11.9 Å². The summed E-state index contributed by atoms with van der Waals surface area (Å²) >= 11 is 0. The number of unbranched alkanes of at least 4 members (excludes halogenated alkanes) is 15. The molecule has 352 valence electrons. The average Bonchev–Trinajstić information content (AvgIpc) is 3.13. The zero-order valence-electron chi connectivity index (χ0n) is 41.4. The van der Waals surface area contributed by atoms with E-state index in [0.717, 1.165) is 46.2 Å². The third kappa shape index (κ3) is 23.9. The summed E-state index contributed by atoms with van der Waals surface area (Å²) in [5, 5.41) is 21.5. The molecular formula is C55H96O6. The van der Waals surface area contributed by atoms with Gasteiger partial charge in [0.1, 0.15) is 11.5 Å². The predicted molar refractivity (Wildman–Crippen MR) is 262 cm³/mol. The highest BCUT2D eigenvalue weighted by Gasteiger charge is 2.28. The molecule has 2 aromatic carbocycles. The normalized spacial score (nSPS) is 12.0. The summed E-state index contributed by atoms with van der Waals surface area (Å²) in [7, 11) is 0. The van der Waals surface area contributed by atoms with Crippen molar-refractivity contribution in [1.29, 1.82) is 0 Å². The fraction of sp³-hybridized carbons (Fsp3) is 0.745. The van der Waals surface area contributed by atoms with Crippen molar-refractivity contribution in [3.05, 3.63) is 57.6 Å². The minimum atomic E-state index is -0.176. The first kappa shape index (κ1) is 58.0. The van der Waals surface area contributed by atoms with E-state index in [2.05, 4.69) is 102 Å². The Bertz CT molecular complexity index is 1460. The van der Waals surface area contributed by atoms with Crippen LogP contribution in [0.15, 0.2) is 24.3 Å². The molecule has 2 N–H and O–H groups in total. The van der Waals surface area contributed by atoms with E-state index >= 15 is 0 Å². The maximum absolute atomic E-state index is 12.3. The van der Waals surface area contributed by atoms with Crippen molar-refractivity contribution in [2.24, 2.45) is 0 Å². The molecule has 2 rings (SSSR count). The van der Waals surface area contributed by atoms with Crippen LogP contribution >= 0.6 is 0 Å². The number of phenolic OH excluding ortho intramolecular Hbond substituents is 2. The fourth-order valence-electron chi connectivity index (χ4n) is 7.60. The number of esters is 2. The maximum atomic E-state index is 12.3. The van der Waals surface area contributed by atoms with Gasteiger partial charge in [-0.1, -0.05) is 218 Å². The van der Waals surface area contributed by atoms with E-state index < -0.39 is 0 Å². The molecule has 0 saturated carbocycles. The van der Waals surface area contributed by atoms with Crippen molar-refractivity contribution >= 4 is 11.9 Å². The number of phenols is 2. The van der Waals surface area contributed by atoms with Crippen LogP contribution in [0.3, 0.4) is 0 Å². The summed E-state index contributed by atoms with van der Waals surface area (Å²) in [5.41, 5.74) is 5.30. The molecule has 61 heavy (non-hydrogen) atoms. The number of carbonyl (C=O) groups is 2. The van der Waals surface area contributed by atoms with Crippen LogP contribution < -0.4 is 0 Å². The number of aromatic hydroxyl groups is 2. The Hall–Kier alpha value is -3.02. The molecule has 2 aromatic rings.